The van der Waals surface area contributed by atoms with Crippen LogP contribution in [0.5, 0.6) is 0 Å². The molecule has 1 saturated heterocycles. The Morgan fingerprint density at radius 1 is 0.442 bits per heavy atom. The molecule has 0 aromatic rings. The van der Waals surface area contributed by atoms with Crippen LogP contribution >= 0.6 is 0 Å². The molecule has 12 nitrogen and oxygen atoms in total. The van der Waals surface area contributed by atoms with Gasteiger partial charge in [0.05, 0.1) is 6.61 Å². The zero-order valence-corrected chi connectivity index (χ0v) is 47.7. The molecule has 0 amide bonds. The van der Waals surface area contributed by atoms with Gasteiger partial charge in [-0.25, -0.2) is 4.79 Å². The molecule has 6 unspecified atom stereocenters. The molecule has 1 aliphatic rings. The Kier molecular flexibility index (Phi) is 47.2. The van der Waals surface area contributed by atoms with Gasteiger partial charge in [-0.2, -0.15) is 0 Å². The maximum absolute atomic E-state index is 13.1. The average Bonchev–Trinajstić information content (AvgIpc) is 3.41. The summed E-state index contributed by atoms with van der Waals surface area (Å²) in [7, 11) is 0. The van der Waals surface area contributed by atoms with E-state index in [9.17, 15) is 34.5 Å². The Hall–Kier alpha value is -4.88. The van der Waals surface area contributed by atoms with Crippen molar-refractivity contribution in [3.8, 4) is 0 Å². The second-order valence-corrected chi connectivity index (χ2v) is 19.5. The third-order valence-electron chi connectivity index (χ3n) is 12.5. The lowest BCUT2D eigenvalue weighted by Gasteiger charge is -2.40. The third kappa shape index (κ3) is 41.8. The van der Waals surface area contributed by atoms with E-state index in [1.165, 1.54) is 44.9 Å². The molecule has 0 aromatic heterocycles. The summed E-state index contributed by atoms with van der Waals surface area (Å²) in [6.07, 6.45) is 58.9. The fraction of sp³-hybridized carbons (Fsp3) is 0.631. The molecule has 0 spiro atoms. The van der Waals surface area contributed by atoms with Crippen LogP contribution in [0.15, 0.2) is 122 Å². The first kappa shape index (κ1) is 70.1. The Bertz CT molecular complexity index is 1800. The van der Waals surface area contributed by atoms with Crippen LogP contribution in [0.2, 0.25) is 0 Å². The van der Waals surface area contributed by atoms with Gasteiger partial charge in [-0.15, -0.1) is 0 Å². The van der Waals surface area contributed by atoms with E-state index in [0.717, 1.165) is 103 Å². The van der Waals surface area contributed by atoms with E-state index < -0.39 is 67.3 Å². The fourth-order valence-electron chi connectivity index (χ4n) is 8.08. The van der Waals surface area contributed by atoms with Crippen molar-refractivity contribution in [3.05, 3.63) is 122 Å². The number of aliphatic hydroxyl groups excluding tert-OH is 2. The summed E-state index contributed by atoms with van der Waals surface area (Å²) in [5.41, 5.74) is 0. The molecule has 1 heterocycles. The van der Waals surface area contributed by atoms with E-state index in [1.54, 1.807) is 0 Å². The van der Waals surface area contributed by atoms with Crippen molar-refractivity contribution in [2.24, 2.45) is 0 Å². The van der Waals surface area contributed by atoms with Crippen LogP contribution in [0, 0.1) is 0 Å². The lowest BCUT2D eigenvalue weighted by molar-refractivity contribution is -0.301. The van der Waals surface area contributed by atoms with Crippen molar-refractivity contribution < 1.29 is 58.2 Å². The van der Waals surface area contributed by atoms with E-state index >= 15 is 0 Å². The van der Waals surface area contributed by atoms with Crippen molar-refractivity contribution in [1.82, 2.24) is 0 Å². The number of hydrogen-bond acceptors (Lipinski definition) is 11. The van der Waals surface area contributed by atoms with Crippen LogP contribution in [0.25, 0.3) is 0 Å². The number of ether oxygens (including phenoxy) is 5. The molecule has 0 aliphatic carbocycles. The maximum atomic E-state index is 13.1. The second kappa shape index (κ2) is 51.9. The Labute approximate surface area is 465 Å². The van der Waals surface area contributed by atoms with Crippen LogP contribution in [-0.2, 0) is 42.9 Å². The molecule has 12 heteroatoms. The highest BCUT2D eigenvalue weighted by atomic mass is 16.7. The predicted molar refractivity (Wildman–Crippen MR) is 312 cm³/mol. The first-order chi connectivity index (χ1) is 37.6. The number of esters is 3. The van der Waals surface area contributed by atoms with Gasteiger partial charge in [0.1, 0.15) is 18.8 Å². The molecule has 6 atom stereocenters. The molecule has 1 aliphatic heterocycles. The van der Waals surface area contributed by atoms with Gasteiger partial charge in [-0.05, 0) is 103 Å². The van der Waals surface area contributed by atoms with Gasteiger partial charge in [0.15, 0.2) is 24.6 Å². The molecule has 77 heavy (non-hydrogen) atoms. The first-order valence-corrected chi connectivity index (χ1v) is 29.5. The summed E-state index contributed by atoms with van der Waals surface area (Å²) in [4.78, 5) is 51.1. The Morgan fingerprint density at radius 3 is 1.29 bits per heavy atom. The minimum absolute atomic E-state index is 0.0265. The van der Waals surface area contributed by atoms with Crippen LogP contribution in [0.3, 0.4) is 0 Å². The van der Waals surface area contributed by atoms with Gasteiger partial charge in [-0.3, -0.25) is 14.4 Å². The van der Waals surface area contributed by atoms with E-state index in [-0.39, 0.29) is 25.9 Å². The molecule has 0 radical (unpaired) electrons. The molecular formula is C65H102O12. The summed E-state index contributed by atoms with van der Waals surface area (Å²) in [6.45, 7) is 5.69. The number of aliphatic hydroxyl groups is 2. The van der Waals surface area contributed by atoms with Gasteiger partial charge >= 0.3 is 23.9 Å². The van der Waals surface area contributed by atoms with Crippen molar-refractivity contribution in [3.63, 3.8) is 0 Å². The number of unbranched alkanes of at least 4 members (excludes halogenated alkanes) is 14. The van der Waals surface area contributed by atoms with Crippen molar-refractivity contribution in [1.29, 1.82) is 0 Å². The predicted octanol–water partition coefficient (Wildman–Crippen LogP) is 15.2. The highest BCUT2D eigenvalue weighted by Gasteiger charge is 2.50. The number of carboxylic acid groups (broad SMARTS) is 1. The fourth-order valence-corrected chi connectivity index (χ4v) is 8.08. The Morgan fingerprint density at radius 2 is 0.831 bits per heavy atom. The van der Waals surface area contributed by atoms with Crippen LogP contribution < -0.4 is 0 Å². The molecule has 0 bridgehead atoms. The summed E-state index contributed by atoms with van der Waals surface area (Å²) in [5.74, 6) is -3.25. The zero-order chi connectivity index (χ0) is 56.1. The van der Waals surface area contributed by atoms with Gasteiger partial charge in [-0.1, -0.05) is 213 Å². The number of hydrogen-bond donors (Lipinski definition) is 3. The summed E-state index contributed by atoms with van der Waals surface area (Å²) in [6, 6.07) is 0. The largest absolute Gasteiger partial charge is 0.479 e. The van der Waals surface area contributed by atoms with Crippen molar-refractivity contribution >= 4 is 23.9 Å². The van der Waals surface area contributed by atoms with E-state index in [2.05, 4.69) is 130 Å². The van der Waals surface area contributed by atoms with Gasteiger partial charge in [0.2, 0.25) is 0 Å². The van der Waals surface area contributed by atoms with Crippen LogP contribution in [-0.4, -0.2) is 89.2 Å². The first-order valence-electron chi connectivity index (χ1n) is 29.5. The number of carbonyl (C=O) groups excluding carboxylic acids is 3. The zero-order valence-electron chi connectivity index (χ0n) is 47.7. The van der Waals surface area contributed by atoms with Gasteiger partial charge < -0.3 is 39.0 Å². The quantitative estimate of drug-likeness (QED) is 0.0228. The van der Waals surface area contributed by atoms with E-state index in [0.29, 0.717) is 25.7 Å². The lowest BCUT2D eigenvalue weighted by atomic mass is 9.98. The molecule has 0 aromatic carbocycles. The molecular weight excluding hydrogens is 973 g/mol. The number of rotatable bonds is 48. The number of carbonyl (C=O) groups is 4. The number of carboxylic acids is 1. The topological polar surface area (TPSA) is 175 Å². The molecule has 3 N–H and O–H groups in total. The highest BCUT2D eigenvalue weighted by molar-refractivity contribution is 5.74. The molecule has 434 valence electrons. The molecule has 1 fully saturated rings. The lowest BCUT2D eigenvalue weighted by Crippen LogP contribution is -2.61. The van der Waals surface area contributed by atoms with Crippen LogP contribution in [0.4, 0.5) is 0 Å². The Balaban J connectivity index is 2.73. The maximum Gasteiger partial charge on any atom is 0.335 e. The highest BCUT2D eigenvalue weighted by Crippen LogP contribution is 2.26. The minimum Gasteiger partial charge on any atom is -0.479 e. The molecule has 1 rings (SSSR count). The molecule has 0 saturated carbocycles. The van der Waals surface area contributed by atoms with E-state index in [4.69, 9.17) is 23.7 Å². The minimum atomic E-state index is -1.93. The van der Waals surface area contributed by atoms with Crippen molar-refractivity contribution in [2.45, 2.75) is 250 Å². The summed E-state index contributed by atoms with van der Waals surface area (Å²) < 4.78 is 28.3. The number of allylic oxidation sites excluding steroid dienone is 20. The SMILES string of the molecule is CC/C=C\C/C=C\C/C=C\C/C=C\C/C=C\CCCCCC(=O)OCC(COC1OC(C(=O)O)C(O)C(O)C1OC(=O)CCC/C=C\C/C=C\C/C=C\C/C=C\C/C=C\CC)OC(=O)CCCCCCCCCCCCC. The van der Waals surface area contributed by atoms with Crippen molar-refractivity contribution in [2.75, 3.05) is 13.2 Å². The summed E-state index contributed by atoms with van der Waals surface area (Å²) >= 11 is 0. The normalized spacial score (nSPS) is 18.9. The third-order valence-corrected chi connectivity index (χ3v) is 12.5. The summed E-state index contributed by atoms with van der Waals surface area (Å²) in [5, 5.41) is 31.5. The second-order valence-electron chi connectivity index (χ2n) is 19.5. The smallest absolute Gasteiger partial charge is 0.335 e. The standard InChI is InChI=1S/C65H102O12/c1-4-7-10-13-16-19-22-24-26-28-29-31-32-34-37-39-42-45-48-51-57(66)73-54-56(75-58(67)52-49-46-43-40-36-21-18-15-12-9-6-3)55-74-65-63(61(70)60(69)62(77-65)64(71)72)76-59(68)53-50-47-44-41-38-35-33-30-27-25-23-20-17-14-11-8-5-2/h7-8,10-11,16-17,19-20,24-27,29,31,33-35,37,41,44,56,60-63,65,69-70H,4-6,9,12-15,18,21-23,28,30,32,36,38-40,42-43,45-55H2,1-3H3,(H,71,72)/b10-7-,11-8-,19-16-,20-17-,26-24-,27-25-,31-29-,35-33-,37-34-,44-41-. The van der Waals surface area contributed by atoms with Gasteiger partial charge in [0.25, 0.3) is 0 Å². The monoisotopic (exact) mass is 1070 g/mol. The number of aliphatic carboxylic acids is 1. The van der Waals surface area contributed by atoms with E-state index in [1.807, 2.05) is 12.2 Å². The van der Waals surface area contributed by atoms with Gasteiger partial charge in [0, 0.05) is 19.3 Å². The van der Waals surface area contributed by atoms with Crippen LogP contribution in [0.1, 0.15) is 213 Å². The average molecular weight is 1080 g/mol.